The number of rotatable bonds is 6. The molecule has 2 amide bonds. The fourth-order valence-electron chi connectivity index (χ4n) is 4.79. The third-order valence-corrected chi connectivity index (χ3v) is 6.57. The molecule has 32 heavy (non-hydrogen) atoms. The fraction of sp³-hybridized carbons (Fsp3) is 0.440. The standard InChI is InChI=1S/C25H29ClFN3O2/c1-16(2)12-19-15-29(14-17-6-8-18(26)9-7-17)10-11-30(19)23(31)13-21-20-4-3-5-22(27)24(20)28-25(21)32/h3-9,16,19,21H,10-15H2,1-2H3,(H,28,32). The highest BCUT2D eigenvalue weighted by molar-refractivity contribution is 6.30. The third-order valence-electron chi connectivity index (χ3n) is 6.31. The lowest BCUT2D eigenvalue weighted by molar-refractivity contribution is -0.138. The van der Waals surface area contributed by atoms with Crippen LogP contribution in [0.2, 0.25) is 5.02 Å². The second kappa shape index (κ2) is 9.59. The summed E-state index contributed by atoms with van der Waals surface area (Å²) in [4.78, 5) is 30.1. The quantitative estimate of drug-likeness (QED) is 0.686. The van der Waals surface area contributed by atoms with Crippen molar-refractivity contribution in [2.45, 2.75) is 45.2 Å². The number of carbonyl (C=O) groups is 2. The summed E-state index contributed by atoms with van der Waals surface area (Å²) < 4.78 is 14.1. The van der Waals surface area contributed by atoms with E-state index in [0.717, 1.165) is 31.1 Å². The number of hydrogen-bond acceptors (Lipinski definition) is 3. The monoisotopic (exact) mass is 457 g/mol. The first kappa shape index (κ1) is 22.7. The summed E-state index contributed by atoms with van der Waals surface area (Å²) in [6, 6.07) is 12.6. The summed E-state index contributed by atoms with van der Waals surface area (Å²) in [6.07, 6.45) is 0.957. The number of para-hydroxylation sites is 1. The van der Waals surface area contributed by atoms with E-state index in [-0.39, 0.29) is 30.0 Å². The predicted octanol–water partition coefficient (Wildman–Crippen LogP) is 4.66. The molecule has 1 N–H and O–H groups in total. The first-order valence-electron chi connectivity index (χ1n) is 11.2. The molecule has 2 atom stereocenters. The van der Waals surface area contributed by atoms with E-state index in [1.165, 1.54) is 11.6 Å². The highest BCUT2D eigenvalue weighted by Gasteiger charge is 2.37. The summed E-state index contributed by atoms with van der Waals surface area (Å²) >= 11 is 6.00. The first-order valence-corrected chi connectivity index (χ1v) is 11.5. The molecule has 2 aromatic carbocycles. The molecule has 0 radical (unpaired) electrons. The molecule has 4 rings (SSSR count). The van der Waals surface area contributed by atoms with Crippen molar-refractivity contribution < 1.29 is 14.0 Å². The zero-order chi connectivity index (χ0) is 22.8. The van der Waals surface area contributed by atoms with Gasteiger partial charge in [0, 0.05) is 43.7 Å². The number of anilines is 1. The van der Waals surface area contributed by atoms with Gasteiger partial charge in [-0.15, -0.1) is 0 Å². The van der Waals surface area contributed by atoms with Crippen LogP contribution in [0.4, 0.5) is 10.1 Å². The molecule has 2 aromatic rings. The second-order valence-corrected chi connectivity index (χ2v) is 9.62. The second-order valence-electron chi connectivity index (χ2n) is 9.18. The van der Waals surface area contributed by atoms with Gasteiger partial charge in [-0.3, -0.25) is 14.5 Å². The van der Waals surface area contributed by atoms with Gasteiger partial charge in [-0.05, 0) is 41.7 Å². The number of amides is 2. The van der Waals surface area contributed by atoms with Gasteiger partial charge in [0.25, 0.3) is 0 Å². The van der Waals surface area contributed by atoms with E-state index in [4.69, 9.17) is 11.6 Å². The average molecular weight is 458 g/mol. The smallest absolute Gasteiger partial charge is 0.232 e. The summed E-state index contributed by atoms with van der Waals surface area (Å²) in [5.41, 5.74) is 1.98. The number of nitrogens with zero attached hydrogens (tertiary/aromatic N) is 2. The van der Waals surface area contributed by atoms with Crippen molar-refractivity contribution in [3.63, 3.8) is 0 Å². The highest BCUT2D eigenvalue weighted by atomic mass is 35.5. The lowest BCUT2D eigenvalue weighted by Crippen LogP contribution is -2.55. The Morgan fingerprint density at radius 1 is 1.19 bits per heavy atom. The van der Waals surface area contributed by atoms with Crippen LogP contribution in [0.25, 0.3) is 0 Å². The van der Waals surface area contributed by atoms with Gasteiger partial charge in [0.1, 0.15) is 5.82 Å². The maximum Gasteiger partial charge on any atom is 0.232 e. The van der Waals surface area contributed by atoms with Crippen LogP contribution >= 0.6 is 11.6 Å². The molecule has 0 aliphatic carbocycles. The molecule has 2 heterocycles. The van der Waals surface area contributed by atoms with Crippen LogP contribution in [-0.4, -0.2) is 47.3 Å². The van der Waals surface area contributed by atoms with Gasteiger partial charge in [-0.25, -0.2) is 4.39 Å². The Morgan fingerprint density at radius 2 is 1.94 bits per heavy atom. The number of nitrogens with one attached hydrogen (secondary N) is 1. The number of piperazine rings is 1. The predicted molar refractivity (Wildman–Crippen MR) is 124 cm³/mol. The summed E-state index contributed by atoms with van der Waals surface area (Å²) in [5.74, 6) is -1.01. The molecule has 170 valence electrons. The Bertz CT molecular complexity index is 995. The molecule has 0 spiro atoms. The van der Waals surface area contributed by atoms with Crippen LogP contribution in [0, 0.1) is 11.7 Å². The van der Waals surface area contributed by atoms with Crippen molar-refractivity contribution in [1.82, 2.24) is 9.80 Å². The molecule has 0 bridgehead atoms. The van der Waals surface area contributed by atoms with Crippen molar-refractivity contribution in [3.05, 3.63) is 64.4 Å². The molecule has 1 saturated heterocycles. The molecule has 0 aromatic heterocycles. The number of fused-ring (bicyclic) bond motifs is 1. The van der Waals surface area contributed by atoms with Crippen LogP contribution in [0.3, 0.4) is 0 Å². The van der Waals surface area contributed by atoms with Crippen LogP contribution in [0.15, 0.2) is 42.5 Å². The number of halogens is 2. The SMILES string of the molecule is CC(C)CC1CN(Cc2ccc(Cl)cc2)CCN1C(=O)CC1C(=O)Nc2c(F)cccc21. The summed E-state index contributed by atoms with van der Waals surface area (Å²) in [6.45, 7) is 7.30. The van der Waals surface area contributed by atoms with Crippen molar-refractivity contribution in [3.8, 4) is 0 Å². The Kier molecular flexibility index (Phi) is 6.82. The van der Waals surface area contributed by atoms with Crippen molar-refractivity contribution in [2.24, 2.45) is 5.92 Å². The third kappa shape index (κ3) is 4.97. The van der Waals surface area contributed by atoms with E-state index in [1.807, 2.05) is 29.2 Å². The minimum atomic E-state index is -0.639. The highest BCUT2D eigenvalue weighted by Crippen LogP contribution is 2.37. The average Bonchev–Trinajstić information content (AvgIpc) is 3.06. The molecular weight excluding hydrogens is 429 g/mol. The lowest BCUT2D eigenvalue weighted by Gasteiger charge is -2.42. The topological polar surface area (TPSA) is 52.7 Å². The van der Waals surface area contributed by atoms with E-state index in [0.29, 0.717) is 18.0 Å². The molecule has 7 heteroatoms. The molecule has 2 unspecified atom stereocenters. The van der Waals surface area contributed by atoms with Gasteiger partial charge in [0.15, 0.2) is 0 Å². The minimum Gasteiger partial charge on any atom is -0.337 e. The first-order chi connectivity index (χ1) is 15.3. The van der Waals surface area contributed by atoms with Crippen molar-refractivity contribution in [2.75, 3.05) is 25.0 Å². The number of hydrogen-bond donors (Lipinski definition) is 1. The Balaban J connectivity index is 1.45. The molecule has 1 fully saturated rings. The van der Waals surface area contributed by atoms with Crippen LogP contribution in [0.5, 0.6) is 0 Å². The van der Waals surface area contributed by atoms with E-state index in [2.05, 4.69) is 24.1 Å². The number of benzene rings is 2. The largest absolute Gasteiger partial charge is 0.337 e. The molecule has 5 nitrogen and oxygen atoms in total. The van der Waals surface area contributed by atoms with E-state index < -0.39 is 11.7 Å². The van der Waals surface area contributed by atoms with Gasteiger partial charge in [0.2, 0.25) is 11.8 Å². The molecule has 2 aliphatic rings. The maximum absolute atomic E-state index is 14.1. The maximum atomic E-state index is 14.1. The van der Waals surface area contributed by atoms with Crippen molar-refractivity contribution >= 4 is 29.1 Å². The van der Waals surface area contributed by atoms with Gasteiger partial charge in [0.05, 0.1) is 11.6 Å². The molecule has 0 saturated carbocycles. The van der Waals surface area contributed by atoms with E-state index in [9.17, 15) is 14.0 Å². The van der Waals surface area contributed by atoms with Crippen LogP contribution < -0.4 is 5.32 Å². The Hall–Kier alpha value is -2.44. The van der Waals surface area contributed by atoms with E-state index >= 15 is 0 Å². The minimum absolute atomic E-state index is 0.0425. The Morgan fingerprint density at radius 3 is 2.66 bits per heavy atom. The van der Waals surface area contributed by atoms with Gasteiger partial charge in [-0.2, -0.15) is 0 Å². The van der Waals surface area contributed by atoms with E-state index in [1.54, 1.807) is 12.1 Å². The summed E-state index contributed by atoms with van der Waals surface area (Å²) in [7, 11) is 0. The fourth-order valence-corrected chi connectivity index (χ4v) is 4.92. The van der Waals surface area contributed by atoms with Gasteiger partial charge >= 0.3 is 0 Å². The molecular formula is C25H29ClFN3O2. The number of carbonyl (C=O) groups excluding carboxylic acids is 2. The van der Waals surface area contributed by atoms with Crippen LogP contribution in [-0.2, 0) is 16.1 Å². The lowest BCUT2D eigenvalue weighted by atomic mass is 9.94. The summed E-state index contributed by atoms with van der Waals surface area (Å²) in [5, 5.41) is 3.32. The zero-order valence-electron chi connectivity index (χ0n) is 18.5. The zero-order valence-corrected chi connectivity index (χ0v) is 19.2. The molecule has 2 aliphatic heterocycles. The van der Waals surface area contributed by atoms with Crippen molar-refractivity contribution in [1.29, 1.82) is 0 Å². The Labute approximate surface area is 193 Å². The van der Waals surface area contributed by atoms with Gasteiger partial charge < -0.3 is 10.2 Å². The van der Waals surface area contributed by atoms with Crippen LogP contribution in [0.1, 0.15) is 43.7 Å². The normalized spacial score (nSPS) is 21.0. The van der Waals surface area contributed by atoms with Gasteiger partial charge in [-0.1, -0.05) is 49.7 Å².